The fraction of sp³-hybridized carbons (Fsp3) is 0.625. The molecule has 2 aliphatic rings. The molecule has 1 fully saturated rings. The molecule has 0 saturated carbocycles. The average Bonchev–Trinajstić information content (AvgIpc) is 2.96. The monoisotopic (exact) mass is 293 g/mol. The van der Waals surface area contributed by atoms with Crippen LogP contribution in [0.15, 0.2) is 12.1 Å². The van der Waals surface area contributed by atoms with Crippen molar-refractivity contribution in [3.8, 4) is 17.2 Å². The average molecular weight is 293 g/mol. The lowest BCUT2D eigenvalue weighted by atomic mass is 10.1. The second-order valence-electron chi connectivity index (χ2n) is 5.45. The molecule has 1 unspecified atom stereocenters. The summed E-state index contributed by atoms with van der Waals surface area (Å²) < 4.78 is 22.5. The highest BCUT2D eigenvalue weighted by atomic mass is 16.7. The summed E-state index contributed by atoms with van der Waals surface area (Å²) in [4.78, 5) is 0. The highest BCUT2D eigenvalue weighted by Gasteiger charge is 2.21. The lowest BCUT2D eigenvalue weighted by Gasteiger charge is -2.24. The summed E-state index contributed by atoms with van der Waals surface area (Å²) in [5.74, 6) is 2.44. The Bertz CT molecular complexity index is 472. The highest BCUT2D eigenvalue weighted by molar-refractivity contribution is 5.51. The van der Waals surface area contributed by atoms with Crippen LogP contribution in [0.1, 0.15) is 31.7 Å². The minimum atomic E-state index is 0.129. The zero-order chi connectivity index (χ0) is 14.5. The van der Waals surface area contributed by atoms with Crippen LogP contribution in [0.25, 0.3) is 0 Å². The first-order chi connectivity index (χ1) is 10.4. The Morgan fingerprint density at radius 3 is 2.90 bits per heavy atom. The minimum Gasteiger partial charge on any atom is -0.488 e. The van der Waals surface area contributed by atoms with Gasteiger partial charge >= 0.3 is 0 Å². The lowest BCUT2D eigenvalue weighted by Crippen LogP contribution is -2.28. The summed E-state index contributed by atoms with van der Waals surface area (Å²) in [7, 11) is 0. The Hall–Kier alpha value is -1.46. The van der Waals surface area contributed by atoms with E-state index in [-0.39, 0.29) is 12.9 Å². The summed E-state index contributed by atoms with van der Waals surface area (Å²) in [5, 5.41) is 3.41. The van der Waals surface area contributed by atoms with Gasteiger partial charge in [-0.3, -0.25) is 0 Å². The van der Waals surface area contributed by atoms with Gasteiger partial charge in [-0.25, -0.2) is 0 Å². The summed E-state index contributed by atoms with van der Waals surface area (Å²) in [6, 6.07) is 3.96. The fourth-order valence-electron chi connectivity index (χ4n) is 2.60. The molecule has 5 nitrogen and oxygen atoms in total. The quantitative estimate of drug-likeness (QED) is 0.817. The molecule has 1 atom stereocenters. The third-order valence-electron chi connectivity index (χ3n) is 3.71. The van der Waals surface area contributed by atoms with Gasteiger partial charge in [0.25, 0.3) is 0 Å². The molecule has 3 rings (SSSR count). The summed E-state index contributed by atoms with van der Waals surface area (Å²) in [6.07, 6.45) is 3.33. The largest absolute Gasteiger partial charge is 0.488 e. The Labute approximate surface area is 125 Å². The van der Waals surface area contributed by atoms with Crippen molar-refractivity contribution < 1.29 is 18.9 Å². The van der Waals surface area contributed by atoms with Crippen LogP contribution in [0, 0.1) is 0 Å². The SMILES string of the molecule is CCCNCc1cc2c(cc1OC1CCCOC1)OCO2. The van der Waals surface area contributed by atoms with E-state index in [1.807, 2.05) is 12.1 Å². The predicted molar refractivity (Wildman–Crippen MR) is 79.0 cm³/mol. The zero-order valence-electron chi connectivity index (χ0n) is 12.5. The van der Waals surface area contributed by atoms with Gasteiger partial charge in [0.2, 0.25) is 6.79 Å². The maximum Gasteiger partial charge on any atom is 0.231 e. The van der Waals surface area contributed by atoms with Crippen LogP contribution in [-0.4, -0.2) is 32.7 Å². The van der Waals surface area contributed by atoms with Crippen LogP contribution >= 0.6 is 0 Å². The fourth-order valence-corrected chi connectivity index (χ4v) is 2.60. The van der Waals surface area contributed by atoms with Gasteiger partial charge in [0, 0.05) is 24.8 Å². The Balaban J connectivity index is 1.75. The van der Waals surface area contributed by atoms with Crippen molar-refractivity contribution in [1.29, 1.82) is 0 Å². The van der Waals surface area contributed by atoms with Crippen molar-refractivity contribution in [2.45, 2.75) is 38.8 Å². The van der Waals surface area contributed by atoms with E-state index in [0.29, 0.717) is 6.61 Å². The zero-order valence-corrected chi connectivity index (χ0v) is 12.5. The van der Waals surface area contributed by atoms with Gasteiger partial charge in [0.05, 0.1) is 6.61 Å². The van der Waals surface area contributed by atoms with Gasteiger partial charge in [-0.15, -0.1) is 0 Å². The maximum absolute atomic E-state index is 6.14. The molecule has 1 N–H and O–H groups in total. The van der Waals surface area contributed by atoms with E-state index in [1.165, 1.54) is 0 Å². The second kappa shape index (κ2) is 7.00. The molecule has 1 saturated heterocycles. The van der Waals surface area contributed by atoms with E-state index >= 15 is 0 Å². The number of rotatable bonds is 6. The molecule has 0 spiro atoms. The second-order valence-corrected chi connectivity index (χ2v) is 5.45. The highest BCUT2D eigenvalue weighted by Crippen LogP contribution is 2.38. The normalized spacial score (nSPS) is 20.5. The van der Waals surface area contributed by atoms with E-state index in [2.05, 4.69) is 12.2 Å². The molecular formula is C16H23NO4. The van der Waals surface area contributed by atoms with E-state index in [1.54, 1.807) is 0 Å². The van der Waals surface area contributed by atoms with Crippen molar-refractivity contribution in [2.75, 3.05) is 26.6 Å². The molecule has 21 heavy (non-hydrogen) atoms. The van der Waals surface area contributed by atoms with Crippen LogP contribution in [0.4, 0.5) is 0 Å². The maximum atomic E-state index is 6.14. The van der Waals surface area contributed by atoms with Crippen LogP contribution in [0.5, 0.6) is 17.2 Å². The van der Waals surface area contributed by atoms with Crippen molar-refractivity contribution >= 4 is 0 Å². The molecule has 0 bridgehead atoms. The third-order valence-corrected chi connectivity index (χ3v) is 3.71. The van der Waals surface area contributed by atoms with Gasteiger partial charge in [0.1, 0.15) is 11.9 Å². The molecular weight excluding hydrogens is 270 g/mol. The molecule has 0 aromatic heterocycles. The molecule has 5 heteroatoms. The van der Waals surface area contributed by atoms with Gasteiger partial charge in [-0.1, -0.05) is 6.92 Å². The standard InChI is InChI=1S/C16H23NO4/c1-2-5-17-9-12-7-15-16(20-11-19-15)8-14(12)21-13-4-3-6-18-10-13/h7-8,13,17H,2-6,9-11H2,1H3. The Morgan fingerprint density at radius 1 is 1.29 bits per heavy atom. The summed E-state index contributed by atoms with van der Waals surface area (Å²) in [6.45, 7) is 5.70. The molecule has 1 aromatic carbocycles. The third kappa shape index (κ3) is 3.60. The first kappa shape index (κ1) is 14.5. The topological polar surface area (TPSA) is 49.0 Å². The van der Waals surface area contributed by atoms with Crippen LogP contribution in [-0.2, 0) is 11.3 Å². The minimum absolute atomic E-state index is 0.129. The summed E-state index contributed by atoms with van der Waals surface area (Å²) >= 11 is 0. The molecule has 0 amide bonds. The molecule has 0 aliphatic carbocycles. The smallest absolute Gasteiger partial charge is 0.231 e. The van der Waals surface area contributed by atoms with Crippen molar-refractivity contribution in [1.82, 2.24) is 5.32 Å². The predicted octanol–water partition coefficient (Wildman–Crippen LogP) is 2.47. The Morgan fingerprint density at radius 2 is 2.14 bits per heavy atom. The van der Waals surface area contributed by atoms with Gasteiger partial charge < -0.3 is 24.3 Å². The number of hydrogen-bond donors (Lipinski definition) is 1. The number of hydrogen-bond acceptors (Lipinski definition) is 5. The molecule has 0 radical (unpaired) electrons. The van der Waals surface area contributed by atoms with Gasteiger partial charge in [-0.05, 0) is 31.9 Å². The molecule has 1 aromatic rings. The van der Waals surface area contributed by atoms with Crippen molar-refractivity contribution in [2.24, 2.45) is 0 Å². The molecule has 2 heterocycles. The summed E-state index contributed by atoms with van der Waals surface area (Å²) in [5.41, 5.74) is 1.11. The van der Waals surface area contributed by atoms with Gasteiger partial charge in [-0.2, -0.15) is 0 Å². The van der Waals surface area contributed by atoms with Crippen LogP contribution in [0.3, 0.4) is 0 Å². The number of nitrogens with one attached hydrogen (secondary N) is 1. The first-order valence-corrected chi connectivity index (χ1v) is 7.74. The van der Waals surface area contributed by atoms with Crippen LogP contribution < -0.4 is 19.5 Å². The number of fused-ring (bicyclic) bond motifs is 1. The van der Waals surface area contributed by atoms with Gasteiger partial charge in [0.15, 0.2) is 11.5 Å². The van der Waals surface area contributed by atoms with E-state index in [9.17, 15) is 0 Å². The first-order valence-electron chi connectivity index (χ1n) is 7.74. The number of ether oxygens (including phenoxy) is 4. The lowest BCUT2D eigenvalue weighted by molar-refractivity contribution is 0.00694. The van der Waals surface area contributed by atoms with E-state index in [4.69, 9.17) is 18.9 Å². The Kier molecular flexibility index (Phi) is 4.83. The molecule has 2 aliphatic heterocycles. The van der Waals surface area contributed by atoms with Crippen LogP contribution in [0.2, 0.25) is 0 Å². The van der Waals surface area contributed by atoms with Crippen molar-refractivity contribution in [3.63, 3.8) is 0 Å². The molecule has 116 valence electrons. The number of benzene rings is 1. The van der Waals surface area contributed by atoms with Crippen molar-refractivity contribution in [3.05, 3.63) is 17.7 Å². The van der Waals surface area contributed by atoms with E-state index < -0.39 is 0 Å². The van der Waals surface area contributed by atoms with E-state index in [0.717, 1.165) is 61.8 Å².